The minimum Gasteiger partial charge on any atom is -0.372 e. The predicted octanol–water partition coefficient (Wildman–Crippen LogP) is 4.68. The molecule has 148 valence electrons. The van der Waals surface area contributed by atoms with E-state index in [-0.39, 0.29) is 5.57 Å². The van der Waals surface area contributed by atoms with Crippen molar-refractivity contribution in [3.05, 3.63) is 35.4 Å². The highest BCUT2D eigenvalue weighted by Gasteiger charge is 2.13. The second kappa shape index (κ2) is 10.8. The molecule has 0 bridgehead atoms. The molecule has 1 amide bonds. The van der Waals surface area contributed by atoms with Gasteiger partial charge in [-0.05, 0) is 43.5 Å². The van der Waals surface area contributed by atoms with Gasteiger partial charge in [0, 0.05) is 36.1 Å². The molecule has 0 radical (unpaired) electrons. The highest BCUT2D eigenvalue weighted by Crippen LogP contribution is 2.22. The number of nitrogens with zero attached hydrogens (tertiary/aromatic N) is 4. The standard InChI is InChI=1S/C20H25N5OS2/c1-5-25(6-2)17-9-7-15(8-10-17)11-16(12-21)18(26)22-19-23-20(24-28-19)27-13-14(3)4/h7-11,14H,5-6,13H2,1-4H3,(H,22,23,24,26)/b16-11-. The zero-order valence-electron chi connectivity index (χ0n) is 16.6. The molecule has 1 heterocycles. The van der Waals surface area contributed by atoms with Crippen LogP contribution in [-0.4, -0.2) is 34.1 Å². The first-order chi connectivity index (χ1) is 13.5. The van der Waals surface area contributed by atoms with E-state index in [2.05, 4.69) is 47.3 Å². The van der Waals surface area contributed by atoms with Crippen molar-refractivity contribution in [3.8, 4) is 6.07 Å². The Hall–Kier alpha value is -2.37. The molecular weight excluding hydrogens is 390 g/mol. The van der Waals surface area contributed by atoms with Gasteiger partial charge in [0.15, 0.2) is 0 Å². The number of anilines is 2. The smallest absolute Gasteiger partial charge is 0.268 e. The van der Waals surface area contributed by atoms with Crippen molar-refractivity contribution in [2.24, 2.45) is 5.92 Å². The van der Waals surface area contributed by atoms with Crippen molar-refractivity contribution >= 4 is 46.1 Å². The van der Waals surface area contributed by atoms with Crippen molar-refractivity contribution in [3.63, 3.8) is 0 Å². The highest BCUT2D eigenvalue weighted by molar-refractivity contribution is 7.99. The SMILES string of the molecule is CCN(CC)c1ccc(/C=C(/C#N)C(=O)Nc2nc(SCC(C)C)ns2)cc1. The molecule has 0 atom stereocenters. The Labute approximate surface area is 174 Å². The van der Waals surface area contributed by atoms with Crippen LogP contribution in [0.1, 0.15) is 33.3 Å². The average Bonchev–Trinajstić information content (AvgIpc) is 3.13. The maximum atomic E-state index is 12.4. The maximum Gasteiger partial charge on any atom is 0.268 e. The van der Waals surface area contributed by atoms with Gasteiger partial charge in [0.25, 0.3) is 5.91 Å². The number of nitrogens with one attached hydrogen (secondary N) is 1. The highest BCUT2D eigenvalue weighted by atomic mass is 32.2. The van der Waals surface area contributed by atoms with Gasteiger partial charge in [-0.1, -0.05) is 37.7 Å². The van der Waals surface area contributed by atoms with E-state index >= 15 is 0 Å². The number of thioether (sulfide) groups is 1. The van der Waals surface area contributed by atoms with Gasteiger partial charge in [-0.15, -0.1) is 0 Å². The Kier molecular flexibility index (Phi) is 8.48. The lowest BCUT2D eigenvalue weighted by Crippen LogP contribution is -2.21. The van der Waals surface area contributed by atoms with Crippen molar-refractivity contribution in [2.45, 2.75) is 32.9 Å². The molecular formula is C20H25N5OS2. The monoisotopic (exact) mass is 415 g/mol. The van der Waals surface area contributed by atoms with E-state index in [1.165, 1.54) is 0 Å². The van der Waals surface area contributed by atoms with Crippen LogP contribution in [0.2, 0.25) is 0 Å². The van der Waals surface area contributed by atoms with Crippen LogP contribution in [0.3, 0.4) is 0 Å². The van der Waals surface area contributed by atoms with Gasteiger partial charge in [-0.3, -0.25) is 10.1 Å². The Morgan fingerprint density at radius 1 is 1.32 bits per heavy atom. The largest absolute Gasteiger partial charge is 0.372 e. The zero-order chi connectivity index (χ0) is 20.5. The normalized spacial score (nSPS) is 11.4. The Bertz CT molecular complexity index is 848. The van der Waals surface area contributed by atoms with E-state index in [0.29, 0.717) is 16.2 Å². The van der Waals surface area contributed by atoms with Gasteiger partial charge in [-0.25, -0.2) is 0 Å². The third-order valence-electron chi connectivity index (χ3n) is 3.87. The molecule has 0 saturated heterocycles. The second-order valence-electron chi connectivity index (χ2n) is 6.47. The molecule has 0 aliphatic rings. The fourth-order valence-electron chi connectivity index (χ4n) is 2.41. The third kappa shape index (κ3) is 6.36. The molecule has 1 aromatic carbocycles. The molecule has 28 heavy (non-hydrogen) atoms. The van der Waals surface area contributed by atoms with Crippen molar-refractivity contribution in [1.29, 1.82) is 5.26 Å². The number of carbonyl (C=O) groups excluding carboxylic acids is 1. The van der Waals surface area contributed by atoms with Crippen LogP contribution in [0, 0.1) is 17.2 Å². The first kappa shape index (κ1) is 21.9. The van der Waals surface area contributed by atoms with E-state index in [4.69, 9.17) is 0 Å². The minimum absolute atomic E-state index is 0.0298. The topological polar surface area (TPSA) is 81.9 Å². The summed E-state index contributed by atoms with van der Waals surface area (Å²) in [5.74, 6) is 0.969. The van der Waals surface area contributed by atoms with Crippen LogP contribution in [0.5, 0.6) is 0 Å². The van der Waals surface area contributed by atoms with Crippen LogP contribution in [0.4, 0.5) is 10.8 Å². The lowest BCUT2D eigenvalue weighted by molar-refractivity contribution is -0.112. The average molecular weight is 416 g/mol. The van der Waals surface area contributed by atoms with E-state index in [0.717, 1.165) is 41.6 Å². The number of benzene rings is 1. The molecule has 8 heteroatoms. The summed E-state index contributed by atoms with van der Waals surface area (Å²) in [7, 11) is 0. The molecule has 1 aromatic heterocycles. The first-order valence-corrected chi connectivity index (χ1v) is 11.0. The quantitative estimate of drug-likeness (QED) is 0.364. The Morgan fingerprint density at radius 3 is 2.57 bits per heavy atom. The predicted molar refractivity (Wildman–Crippen MR) is 118 cm³/mol. The van der Waals surface area contributed by atoms with Gasteiger partial charge >= 0.3 is 0 Å². The summed E-state index contributed by atoms with van der Waals surface area (Å²) in [4.78, 5) is 18.9. The number of nitriles is 1. The summed E-state index contributed by atoms with van der Waals surface area (Å²) >= 11 is 2.67. The number of rotatable bonds is 9. The van der Waals surface area contributed by atoms with E-state index in [9.17, 15) is 10.1 Å². The minimum atomic E-state index is -0.480. The van der Waals surface area contributed by atoms with Crippen LogP contribution in [0.25, 0.3) is 6.08 Å². The van der Waals surface area contributed by atoms with Gasteiger partial charge in [-0.2, -0.15) is 14.6 Å². The van der Waals surface area contributed by atoms with Crippen LogP contribution in [-0.2, 0) is 4.79 Å². The lowest BCUT2D eigenvalue weighted by Gasteiger charge is -2.20. The molecule has 0 fully saturated rings. The molecule has 0 aliphatic heterocycles. The second-order valence-corrected chi connectivity index (χ2v) is 8.21. The van der Waals surface area contributed by atoms with Gasteiger partial charge in [0.1, 0.15) is 11.6 Å². The van der Waals surface area contributed by atoms with Crippen molar-refractivity contribution in [2.75, 3.05) is 29.1 Å². The zero-order valence-corrected chi connectivity index (χ0v) is 18.2. The van der Waals surface area contributed by atoms with E-state index in [1.54, 1.807) is 17.8 Å². The molecule has 0 aliphatic carbocycles. The number of hydrogen-bond acceptors (Lipinski definition) is 7. The summed E-state index contributed by atoms with van der Waals surface area (Å²) in [6.45, 7) is 10.3. The van der Waals surface area contributed by atoms with E-state index in [1.807, 2.05) is 30.3 Å². The molecule has 0 saturated carbocycles. The number of amides is 1. The molecule has 2 rings (SSSR count). The summed E-state index contributed by atoms with van der Waals surface area (Å²) in [5.41, 5.74) is 1.95. The van der Waals surface area contributed by atoms with Gasteiger partial charge in [0.05, 0.1) is 0 Å². The number of hydrogen-bond donors (Lipinski definition) is 1. The van der Waals surface area contributed by atoms with Crippen molar-refractivity contribution < 1.29 is 4.79 Å². The molecule has 6 nitrogen and oxygen atoms in total. The summed E-state index contributed by atoms with van der Waals surface area (Å²) < 4.78 is 4.22. The summed E-state index contributed by atoms with van der Waals surface area (Å²) in [6, 6.07) is 9.77. The summed E-state index contributed by atoms with van der Waals surface area (Å²) in [6.07, 6.45) is 1.58. The van der Waals surface area contributed by atoms with Gasteiger partial charge in [0.2, 0.25) is 10.3 Å². The van der Waals surface area contributed by atoms with Crippen LogP contribution in [0.15, 0.2) is 35.0 Å². The number of aromatic nitrogens is 2. The van der Waals surface area contributed by atoms with Crippen molar-refractivity contribution in [1.82, 2.24) is 9.36 Å². The van der Waals surface area contributed by atoms with E-state index < -0.39 is 5.91 Å². The molecule has 1 N–H and O–H groups in total. The molecule has 0 spiro atoms. The fraction of sp³-hybridized carbons (Fsp3) is 0.400. The fourth-order valence-corrected chi connectivity index (χ4v) is 3.90. The Morgan fingerprint density at radius 2 is 2.00 bits per heavy atom. The molecule has 2 aromatic rings. The lowest BCUT2D eigenvalue weighted by atomic mass is 10.1. The van der Waals surface area contributed by atoms with Crippen LogP contribution >= 0.6 is 23.3 Å². The van der Waals surface area contributed by atoms with Gasteiger partial charge < -0.3 is 4.90 Å². The number of carbonyl (C=O) groups is 1. The molecule has 0 unspecified atom stereocenters. The Balaban J connectivity index is 2.06. The van der Waals surface area contributed by atoms with Crippen LogP contribution < -0.4 is 10.2 Å². The maximum absolute atomic E-state index is 12.4. The first-order valence-electron chi connectivity index (χ1n) is 9.21. The summed E-state index contributed by atoms with van der Waals surface area (Å²) in [5, 5.41) is 13.1. The third-order valence-corrected chi connectivity index (χ3v) is 5.89.